The number of rotatable bonds is 3. The molecular weight excluding hydrogens is 248 g/mol. The van der Waals surface area contributed by atoms with Crippen molar-refractivity contribution in [2.24, 2.45) is 0 Å². The third-order valence-corrected chi connectivity index (χ3v) is 5.32. The maximum Gasteiger partial charge on any atom is 0.308 e. The van der Waals surface area contributed by atoms with E-state index in [1.807, 2.05) is 0 Å². The Morgan fingerprint density at radius 1 is 1.47 bits per heavy atom. The topological polar surface area (TPSA) is 78.9 Å². The Hall–Kier alpha value is -0.660. The maximum absolute atomic E-state index is 11.7. The van der Waals surface area contributed by atoms with Crippen molar-refractivity contribution in [3.63, 3.8) is 0 Å². The van der Waals surface area contributed by atoms with Crippen LogP contribution in [-0.2, 0) is 28.8 Å². The van der Waals surface area contributed by atoms with Gasteiger partial charge in [-0.3, -0.25) is 4.79 Å². The van der Waals surface area contributed by atoms with Crippen molar-refractivity contribution in [3.8, 4) is 0 Å². The van der Waals surface area contributed by atoms with Gasteiger partial charge in [0, 0.05) is 0 Å². The maximum atomic E-state index is 11.7. The van der Waals surface area contributed by atoms with E-state index in [2.05, 4.69) is 4.74 Å². The number of hydrogen-bond donors (Lipinski definition) is 0. The third-order valence-electron chi connectivity index (χ3n) is 3.08. The first-order valence-corrected chi connectivity index (χ1v) is 7.30. The predicted octanol–water partition coefficient (Wildman–Crippen LogP) is -0.132. The molecule has 3 unspecified atom stereocenters. The van der Waals surface area contributed by atoms with E-state index in [1.165, 1.54) is 7.11 Å². The molecule has 98 valence electrons. The molecule has 2 aliphatic rings. The Labute approximate surface area is 100 Å². The Kier molecular flexibility index (Phi) is 3.70. The van der Waals surface area contributed by atoms with Crippen LogP contribution in [0.5, 0.6) is 0 Å². The normalized spacial score (nSPS) is 35.9. The molecular formula is C10H16O6S. The third kappa shape index (κ3) is 2.78. The van der Waals surface area contributed by atoms with E-state index in [9.17, 15) is 13.2 Å². The van der Waals surface area contributed by atoms with Crippen LogP contribution in [0.2, 0.25) is 0 Å². The summed E-state index contributed by atoms with van der Waals surface area (Å²) in [5.41, 5.74) is 0. The lowest BCUT2D eigenvalue weighted by molar-refractivity contribution is -0.143. The van der Waals surface area contributed by atoms with Crippen LogP contribution in [0.1, 0.15) is 19.3 Å². The van der Waals surface area contributed by atoms with Gasteiger partial charge in [0.2, 0.25) is 0 Å². The lowest BCUT2D eigenvalue weighted by Crippen LogP contribution is -2.32. The zero-order chi connectivity index (χ0) is 12.5. The first-order valence-electron chi connectivity index (χ1n) is 5.58. The summed E-state index contributed by atoms with van der Waals surface area (Å²) in [7, 11) is -1.79. The molecule has 0 bridgehead atoms. The van der Waals surface area contributed by atoms with Gasteiger partial charge in [-0.05, 0) is 12.8 Å². The minimum atomic E-state index is -3.09. The highest BCUT2D eigenvalue weighted by atomic mass is 32.2. The quantitative estimate of drug-likeness (QED) is 0.661. The number of carbonyl (C=O) groups excluding carboxylic acids is 1. The molecule has 2 aliphatic heterocycles. The van der Waals surface area contributed by atoms with Crippen molar-refractivity contribution in [2.75, 3.05) is 19.5 Å². The molecule has 2 saturated heterocycles. The summed E-state index contributed by atoms with van der Waals surface area (Å²) in [5, 5.41) is -0.579. The second kappa shape index (κ2) is 4.91. The summed E-state index contributed by atoms with van der Waals surface area (Å²) < 4.78 is 38.7. The summed E-state index contributed by atoms with van der Waals surface area (Å²) in [6.07, 6.45) is 0.190. The lowest BCUT2D eigenvalue weighted by atomic mass is 10.2. The summed E-state index contributed by atoms with van der Waals surface area (Å²) in [6, 6.07) is 0. The van der Waals surface area contributed by atoms with Gasteiger partial charge < -0.3 is 14.2 Å². The molecule has 0 aromatic rings. The fraction of sp³-hybridized carbons (Fsp3) is 0.900. The highest BCUT2D eigenvalue weighted by Gasteiger charge is 2.43. The van der Waals surface area contributed by atoms with Gasteiger partial charge in [0.25, 0.3) is 0 Å². The molecule has 0 aromatic carbocycles. The fourth-order valence-electron chi connectivity index (χ4n) is 2.16. The Morgan fingerprint density at radius 3 is 2.82 bits per heavy atom. The molecule has 0 amide bonds. The average molecular weight is 264 g/mol. The van der Waals surface area contributed by atoms with Crippen LogP contribution in [-0.4, -0.2) is 51.5 Å². The van der Waals surface area contributed by atoms with Crippen molar-refractivity contribution in [1.82, 2.24) is 0 Å². The second-order valence-corrected chi connectivity index (χ2v) is 6.63. The zero-order valence-corrected chi connectivity index (χ0v) is 10.4. The summed E-state index contributed by atoms with van der Waals surface area (Å²) in [6.45, 7) is 0.242. The molecule has 7 heteroatoms. The summed E-state index contributed by atoms with van der Waals surface area (Å²) in [4.78, 5) is 11.0. The smallest absolute Gasteiger partial charge is 0.308 e. The van der Waals surface area contributed by atoms with Gasteiger partial charge in [-0.25, -0.2) is 8.42 Å². The van der Waals surface area contributed by atoms with Crippen LogP contribution in [0.15, 0.2) is 0 Å². The van der Waals surface area contributed by atoms with E-state index in [0.717, 1.165) is 0 Å². The highest BCUT2D eigenvalue weighted by Crippen LogP contribution is 2.29. The minimum Gasteiger partial charge on any atom is -0.469 e. The second-order valence-electron chi connectivity index (χ2n) is 4.29. The van der Waals surface area contributed by atoms with Crippen LogP contribution >= 0.6 is 0 Å². The molecule has 0 N–H and O–H groups in total. The monoisotopic (exact) mass is 264 g/mol. The number of esters is 1. The molecule has 0 aliphatic carbocycles. The van der Waals surface area contributed by atoms with Gasteiger partial charge >= 0.3 is 5.97 Å². The van der Waals surface area contributed by atoms with Crippen molar-refractivity contribution < 1.29 is 27.4 Å². The SMILES string of the molecule is COC(=O)CC1COC(C2CCCS2(=O)=O)O1. The Balaban J connectivity index is 1.92. The standard InChI is InChI=1S/C10H16O6S/c1-14-9(11)5-7-6-15-10(16-7)8-3-2-4-17(8,12)13/h7-8,10H,2-6H2,1H3. The van der Waals surface area contributed by atoms with Crippen molar-refractivity contribution in [2.45, 2.75) is 36.9 Å². The van der Waals surface area contributed by atoms with Crippen LogP contribution in [0.4, 0.5) is 0 Å². The molecule has 3 atom stereocenters. The van der Waals surface area contributed by atoms with Gasteiger partial charge in [0.05, 0.1) is 32.0 Å². The van der Waals surface area contributed by atoms with Crippen LogP contribution in [0.25, 0.3) is 0 Å². The first-order chi connectivity index (χ1) is 8.03. The number of hydrogen-bond acceptors (Lipinski definition) is 6. The van der Waals surface area contributed by atoms with Gasteiger partial charge in [-0.15, -0.1) is 0 Å². The molecule has 0 spiro atoms. The molecule has 0 saturated carbocycles. The Bertz CT molecular complexity index is 390. The van der Waals surface area contributed by atoms with Crippen LogP contribution in [0.3, 0.4) is 0 Å². The molecule has 17 heavy (non-hydrogen) atoms. The number of carbonyl (C=O) groups is 1. The number of methoxy groups -OCH3 is 1. The molecule has 0 radical (unpaired) electrons. The number of sulfone groups is 1. The van der Waals surface area contributed by atoms with Crippen molar-refractivity contribution >= 4 is 15.8 Å². The predicted molar refractivity (Wildman–Crippen MR) is 58.1 cm³/mol. The van der Waals surface area contributed by atoms with E-state index >= 15 is 0 Å². The molecule has 2 rings (SSSR count). The summed E-state index contributed by atoms with van der Waals surface area (Å²) in [5.74, 6) is -0.184. The molecule has 2 heterocycles. The van der Waals surface area contributed by atoms with Gasteiger partial charge in [-0.2, -0.15) is 0 Å². The molecule has 0 aromatic heterocycles. The fourth-order valence-corrected chi connectivity index (χ4v) is 4.04. The first kappa shape index (κ1) is 12.8. The lowest BCUT2D eigenvalue weighted by Gasteiger charge is -2.16. The molecule has 2 fully saturated rings. The average Bonchev–Trinajstić information content (AvgIpc) is 2.84. The minimum absolute atomic E-state index is 0.0970. The van der Waals surface area contributed by atoms with E-state index < -0.39 is 27.5 Å². The van der Waals surface area contributed by atoms with E-state index in [-0.39, 0.29) is 24.7 Å². The van der Waals surface area contributed by atoms with Gasteiger partial charge in [0.1, 0.15) is 5.25 Å². The van der Waals surface area contributed by atoms with Gasteiger partial charge in [0.15, 0.2) is 16.1 Å². The van der Waals surface area contributed by atoms with E-state index in [4.69, 9.17) is 9.47 Å². The Morgan fingerprint density at radius 2 is 2.24 bits per heavy atom. The van der Waals surface area contributed by atoms with Crippen molar-refractivity contribution in [1.29, 1.82) is 0 Å². The van der Waals surface area contributed by atoms with Crippen molar-refractivity contribution in [3.05, 3.63) is 0 Å². The summed E-state index contributed by atoms with van der Waals surface area (Å²) >= 11 is 0. The molecule has 6 nitrogen and oxygen atoms in total. The number of ether oxygens (including phenoxy) is 3. The largest absolute Gasteiger partial charge is 0.469 e. The van der Waals surface area contributed by atoms with Gasteiger partial charge in [-0.1, -0.05) is 0 Å². The highest BCUT2D eigenvalue weighted by molar-refractivity contribution is 7.92. The van der Waals surface area contributed by atoms with Crippen LogP contribution in [0, 0.1) is 0 Å². The van der Waals surface area contributed by atoms with E-state index in [0.29, 0.717) is 12.8 Å². The van der Waals surface area contributed by atoms with Crippen LogP contribution < -0.4 is 0 Å². The van der Waals surface area contributed by atoms with E-state index in [1.54, 1.807) is 0 Å². The zero-order valence-electron chi connectivity index (χ0n) is 9.63.